The van der Waals surface area contributed by atoms with Crippen LogP contribution in [0.3, 0.4) is 0 Å². The number of hydrogen-bond acceptors (Lipinski definition) is 5. The number of aromatic carboxylic acids is 1. The number of carbonyl (C=O) groups is 2. The minimum Gasteiger partial charge on any atom is -0.496 e. The molecule has 2 saturated heterocycles. The van der Waals surface area contributed by atoms with Crippen LogP contribution < -0.4 is 4.74 Å². The van der Waals surface area contributed by atoms with Gasteiger partial charge in [0, 0.05) is 40.6 Å². The molecule has 0 bridgehead atoms. The highest BCUT2D eigenvalue weighted by molar-refractivity contribution is 5.89. The van der Waals surface area contributed by atoms with Crippen LogP contribution in [0.2, 0.25) is 0 Å². The summed E-state index contributed by atoms with van der Waals surface area (Å²) in [6.07, 6.45) is -8.57. The van der Waals surface area contributed by atoms with Crippen molar-refractivity contribution < 1.29 is 54.9 Å². The first-order valence-corrected chi connectivity index (χ1v) is 16.1. The largest absolute Gasteiger partial charge is 0.496 e. The third-order valence-corrected chi connectivity index (χ3v) is 9.81. The summed E-state index contributed by atoms with van der Waals surface area (Å²) in [5.74, 6) is -1.48. The molecule has 3 fully saturated rings. The third kappa shape index (κ3) is 6.25. The number of carboxylic acids is 1. The van der Waals surface area contributed by atoms with Crippen LogP contribution >= 0.6 is 0 Å². The average molecular weight is 715 g/mol. The predicted molar refractivity (Wildman–Crippen MR) is 169 cm³/mol. The zero-order valence-corrected chi connectivity index (χ0v) is 27.0. The van der Waals surface area contributed by atoms with Crippen LogP contribution in [-0.2, 0) is 17.1 Å². The Morgan fingerprint density at radius 1 is 0.882 bits per heavy atom. The van der Waals surface area contributed by atoms with Gasteiger partial charge in [-0.1, -0.05) is 6.07 Å². The van der Waals surface area contributed by atoms with Crippen molar-refractivity contribution in [1.82, 2.24) is 9.88 Å². The summed E-state index contributed by atoms with van der Waals surface area (Å²) in [6.45, 7) is 1.65. The predicted octanol–water partition coefficient (Wildman–Crippen LogP) is 9.88. The molecule has 7 rings (SSSR count). The molecule has 51 heavy (non-hydrogen) atoms. The van der Waals surface area contributed by atoms with Crippen molar-refractivity contribution >= 4 is 12.1 Å². The van der Waals surface area contributed by atoms with Crippen LogP contribution in [0.5, 0.6) is 5.75 Å². The lowest BCUT2D eigenvalue weighted by Gasteiger charge is -2.26. The molecule has 1 N–H and O–H groups in total. The number of fused-ring (bicyclic) bond motifs is 1. The first kappa shape index (κ1) is 34.3. The van der Waals surface area contributed by atoms with E-state index in [1.54, 1.807) is 19.2 Å². The fraction of sp³-hybridized carbons (Fsp3) is 0.324. The van der Waals surface area contributed by atoms with Crippen molar-refractivity contribution in [2.45, 2.75) is 69.1 Å². The molecule has 1 aromatic heterocycles. The summed E-state index contributed by atoms with van der Waals surface area (Å²) in [6, 6.07) is 8.48. The van der Waals surface area contributed by atoms with E-state index in [2.05, 4.69) is 4.98 Å². The van der Waals surface area contributed by atoms with Crippen molar-refractivity contribution in [3.05, 3.63) is 106 Å². The Labute approximate surface area is 286 Å². The number of hydrogen-bond donors (Lipinski definition) is 1. The first-order valence-electron chi connectivity index (χ1n) is 16.1. The van der Waals surface area contributed by atoms with Crippen LogP contribution in [0.15, 0.2) is 60.8 Å². The number of nitrogens with zero attached hydrogens (tertiary/aromatic N) is 2. The van der Waals surface area contributed by atoms with Crippen molar-refractivity contribution in [3.8, 4) is 28.0 Å². The Morgan fingerprint density at radius 3 is 2.16 bits per heavy atom. The van der Waals surface area contributed by atoms with E-state index < -0.39 is 65.1 Å². The van der Waals surface area contributed by atoms with Crippen molar-refractivity contribution in [1.29, 1.82) is 0 Å². The maximum absolute atomic E-state index is 15.7. The van der Waals surface area contributed by atoms with Gasteiger partial charge in [-0.3, -0.25) is 9.88 Å². The number of rotatable bonds is 7. The standard InChI is InChI=1S/C37H29F7N2O5/c1-17-9-19(34(47)48)5-6-23(17)24-13-26(32(50-2)15-28(24)38)27-16-45-29(18-3-4-18)14-25(27)30-7-8-31-33(51-35(49)46(30)31)20-10-21(36(39,40)41)12-22(11-20)37(42,43)44/h5-6,9-16,18,30-31,33H,3-4,7-8H2,1-2H3,(H,47,48)/t30-,31-,33+/m0/s1. The minimum atomic E-state index is -5.08. The number of cyclic esters (lactones) is 1. The van der Waals surface area contributed by atoms with E-state index in [0.717, 1.165) is 18.5 Å². The van der Waals surface area contributed by atoms with Gasteiger partial charge < -0.3 is 14.6 Å². The Balaban J connectivity index is 1.32. The summed E-state index contributed by atoms with van der Waals surface area (Å²) < 4.78 is 109. The van der Waals surface area contributed by atoms with E-state index >= 15 is 4.39 Å². The Morgan fingerprint density at radius 2 is 1.57 bits per heavy atom. The van der Waals surface area contributed by atoms with Crippen molar-refractivity contribution in [2.24, 2.45) is 0 Å². The van der Waals surface area contributed by atoms with Gasteiger partial charge in [-0.2, -0.15) is 26.3 Å². The van der Waals surface area contributed by atoms with Gasteiger partial charge in [-0.25, -0.2) is 14.0 Å². The van der Waals surface area contributed by atoms with Gasteiger partial charge in [-0.15, -0.1) is 0 Å². The molecule has 7 nitrogen and oxygen atoms in total. The van der Waals surface area contributed by atoms with Crippen LogP contribution in [0.25, 0.3) is 22.3 Å². The van der Waals surface area contributed by atoms with Gasteiger partial charge in [0.15, 0.2) is 0 Å². The molecule has 3 aromatic carbocycles. The van der Waals surface area contributed by atoms with Gasteiger partial charge in [0.05, 0.1) is 35.9 Å². The van der Waals surface area contributed by atoms with E-state index in [1.807, 2.05) is 6.07 Å². The maximum atomic E-state index is 15.7. The zero-order chi connectivity index (χ0) is 36.6. The Hall–Kier alpha value is -5.14. The highest BCUT2D eigenvalue weighted by Gasteiger charge is 2.52. The molecule has 0 spiro atoms. The second-order valence-corrected chi connectivity index (χ2v) is 13.0. The number of ether oxygens (including phenoxy) is 2. The molecular weight excluding hydrogens is 685 g/mol. The van der Waals surface area contributed by atoms with Crippen LogP contribution in [-0.4, -0.2) is 40.2 Å². The topological polar surface area (TPSA) is 89.0 Å². The quantitative estimate of drug-likeness (QED) is 0.192. The van der Waals surface area contributed by atoms with Gasteiger partial charge in [0.1, 0.15) is 17.7 Å². The number of methoxy groups -OCH3 is 1. The minimum absolute atomic E-state index is 0.0268. The number of aryl methyl sites for hydroxylation is 1. The smallest absolute Gasteiger partial charge is 0.416 e. The summed E-state index contributed by atoms with van der Waals surface area (Å²) in [5.41, 5.74) is -0.123. The number of amides is 1. The molecule has 0 radical (unpaired) electrons. The molecule has 4 aromatic rings. The molecule has 0 unspecified atom stereocenters. The number of aromatic nitrogens is 1. The highest BCUT2D eigenvalue weighted by Crippen LogP contribution is 2.52. The second kappa shape index (κ2) is 12.3. The lowest BCUT2D eigenvalue weighted by molar-refractivity contribution is -0.143. The molecule has 3 aliphatic rings. The number of halogens is 7. The van der Waals surface area contributed by atoms with Crippen LogP contribution in [0.1, 0.15) is 87.6 Å². The molecule has 1 saturated carbocycles. The molecular formula is C37H29F7N2O5. The molecule has 1 amide bonds. The number of carboxylic acid groups (broad SMARTS) is 1. The van der Waals surface area contributed by atoms with Gasteiger partial charge in [0.2, 0.25) is 0 Å². The third-order valence-electron chi connectivity index (χ3n) is 9.81. The average Bonchev–Trinajstić information content (AvgIpc) is 3.75. The molecule has 3 heterocycles. The summed E-state index contributed by atoms with van der Waals surface area (Å²) >= 11 is 0. The molecule has 2 aliphatic heterocycles. The molecule has 3 atom stereocenters. The normalized spacial score (nSPS) is 20.4. The van der Waals surface area contributed by atoms with Crippen molar-refractivity contribution in [2.75, 3.05) is 7.11 Å². The highest BCUT2D eigenvalue weighted by atomic mass is 19.4. The number of benzene rings is 3. The van der Waals surface area contributed by atoms with E-state index in [0.29, 0.717) is 46.4 Å². The fourth-order valence-corrected chi connectivity index (χ4v) is 7.22. The summed E-state index contributed by atoms with van der Waals surface area (Å²) in [7, 11) is 1.36. The van der Waals surface area contributed by atoms with E-state index in [9.17, 15) is 41.0 Å². The lowest BCUT2D eigenvalue weighted by atomic mass is 9.90. The second-order valence-electron chi connectivity index (χ2n) is 13.0. The van der Waals surface area contributed by atoms with Gasteiger partial charge >= 0.3 is 24.4 Å². The van der Waals surface area contributed by atoms with Crippen molar-refractivity contribution in [3.63, 3.8) is 0 Å². The summed E-state index contributed by atoms with van der Waals surface area (Å²) in [5, 5.41) is 9.42. The molecule has 1 aliphatic carbocycles. The van der Waals surface area contributed by atoms with E-state index in [4.69, 9.17) is 9.47 Å². The molecule has 266 valence electrons. The monoisotopic (exact) mass is 714 g/mol. The maximum Gasteiger partial charge on any atom is 0.416 e. The fourth-order valence-electron chi connectivity index (χ4n) is 7.22. The Kier molecular flexibility index (Phi) is 8.26. The number of carbonyl (C=O) groups excluding carboxylic acids is 1. The van der Waals surface area contributed by atoms with Gasteiger partial charge in [-0.05, 0) is 97.3 Å². The number of alkyl halides is 6. The van der Waals surface area contributed by atoms with E-state index in [1.165, 1.54) is 36.3 Å². The van der Waals surface area contributed by atoms with Crippen LogP contribution in [0, 0.1) is 12.7 Å². The lowest BCUT2D eigenvalue weighted by Crippen LogP contribution is -2.31. The zero-order valence-electron chi connectivity index (χ0n) is 27.0. The van der Waals surface area contributed by atoms with Crippen LogP contribution in [0.4, 0.5) is 35.5 Å². The number of pyridine rings is 1. The Bertz CT molecular complexity index is 2040. The van der Waals surface area contributed by atoms with Gasteiger partial charge in [0.25, 0.3) is 0 Å². The summed E-state index contributed by atoms with van der Waals surface area (Å²) in [4.78, 5) is 31.1. The molecule has 14 heteroatoms. The SMILES string of the molecule is COc1cc(F)c(-c2ccc(C(=O)O)cc2C)cc1-c1cnc(C2CC2)cc1[C@@H]1CC[C@H]2[C@@H](c3cc(C(F)(F)F)cc(C(F)(F)F)c3)OC(=O)N12. The first-order chi connectivity index (χ1) is 24.0. The van der Waals surface area contributed by atoms with E-state index in [-0.39, 0.29) is 35.3 Å².